The van der Waals surface area contributed by atoms with E-state index in [0.717, 1.165) is 13.1 Å². The van der Waals surface area contributed by atoms with Gasteiger partial charge in [0, 0.05) is 25.4 Å². The molecule has 0 radical (unpaired) electrons. The fraction of sp³-hybridized carbons (Fsp3) is 0.667. The maximum atomic E-state index is 11.0. The summed E-state index contributed by atoms with van der Waals surface area (Å²) in [5.41, 5.74) is 5.14. The average molecular weight is 188 g/mol. The Morgan fingerprint density at radius 2 is 2.58 bits per heavy atom. The van der Waals surface area contributed by atoms with Crippen LogP contribution < -0.4 is 11.1 Å². The van der Waals surface area contributed by atoms with Gasteiger partial charge in [-0.05, 0) is 0 Å². The number of amidine groups is 1. The summed E-state index contributed by atoms with van der Waals surface area (Å²) >= 11 is 1.26. The number of amides is 2. The van der Waals surface area contributed by atoms with Gasteiger partial charge in [-0.25, -0.2) is 4.79 Å². The highest BCUT2D eigenvalue weighted by Gasteiger charge is 2.18. The van der Waals surface area contributed by atoms with Crippen molar-refractivity contribution in [2.75, 3.05) is 25.4 Å². The molecular formula is C6H12N4OS. The van der Waals surface area contributed by atoms with E-state index < -0.39 is 0 Å². The van der Waals surface area contributed by atoms with Crippen LogP contribution >= 0.6 is 11.8 Å². The zero-order chi connectivity index (χ0) is 8.97. The summed E-state index contributed by atoms with van der Waals surface area (Å²) in [6.07, 6.45) is 0. The van der Waals surface area contributed by atoms with Gasteiger partial charge in [-0.2, -0.15) is 0 Å². The van der Waals surface area contributed by atoms with Crippen molar-refractivity contribution >= 4 is 23.0 Å². The monoisotopic (exact) mass is 188 g/mol. The van der Waals surface area contributed by atoms with Crippen LogP contribution in [0.15, 0.2) is 0 Å². The van der Waals surface area contributed by atoms with E-state index >= 15 is 0 Å². The first-order valence-corrected chi connectivity index (χ1v) is 4.68. The Balaban J connectivity index is 2.14. The van der Waals surface area contributed by atoms with Crippen molar-refractivity contribution < 1.29 is 4.79 Å². The highest BCUT2D eigenvalue weighted by molar-refractivity contribution is 8.13. The van der Waals surface area contributed by atoms with Gasteiger partial charge in [0.05, 0.1) is 0 Å². The van der Waals surface area contributed by atoms with Gasteiger partial charge in [0.2, 0.25) is 0 Å². The molecule has 2 amide bonds. The summed E-state index contributed by atoms with van der Waals surface area (Å²) in [6, 6.07) is -0.0147. The Hall–Kier alpha value is -0.910. The molecule has 1 rings (SSSR count). The van der Waals surface area contributed by atoms with Gasteiger partial charge in [0.25, 0.3) is 0 Å². The van der Waals surface area contributed by atoms with Crippen molar-refractivity contribution in [2.24, 2.45) is 5.73 Å². The van der Waals surface area contributed by atoms with Crippen LogP contribution in [0.4, 0.5) is 4.79 Å². The number of nitrogens with zero attached hydrogens (tertiary/aromatic N) is 1. The molecule has 0 spiro atoms. The Morgan fingerprint density at radius 1 is 1.83 bits per heavy atom. The maximum Gasteiger partial charge on any atom is 0.317 e. The smallest absolute Gasteiger partial charge is 0.317 e. The third kappa shape index (κ3) is 2.61. The topological polar surface area (TPSA) is 82.2 Å². The van der Waals surface area contributed by atoms with E-state index in [1.54, 1.807) is 4.90 Å². The first-order chi connectivity index (χ1) is 5.70. The Kier molecular flexibility index (Phi) is 3.21. The molecule has 6 heteroatoms. The number of nitrogens with one attached hydrogen (secondary N) is 2. The molecular weight excluding hydrogens is 176 g/mol. The van der Waals surface area contributed by atoms with E-state index in [0.29, 0.717) is 12.3 Å². The van der Waals surface area contributed by atoms with Gasteiger partial charge in [-0.1, -0.05) is 11.8 Å². The summed E-state index contributed by atoms with van der Waals surface area (Å²) < 4.78 is 0. The average Bonchev–Trinajstić information content (AvgIpc) is 2.36. The molecule has 0 unspecified atom stereocenters. The van der Waals surface area contributed by atoms with Crippen molar-refractivity contribution in [3.05, 3.63) is 0 Å². The molecule has 1 fully saturated rings. The molecule has 0 aliphatic carbocycles. The minimum atomic E-state index is -0.0147. The number of rotatable bonds is 3. The molecule has 0 atom stereocenters. The summed E-state index contributed by atoms with van der Waals surface area (Å²) in [7, 11) is 0. The molecule has 4 N–H and O–H groups in total. The van der Waals surface area contributed by atoms with Gasteiger partial charge in [0.1, 0.15) is 0 Å². The lowest BCUT2D eigenvalue weighted by Crippen LogP contribution is -2.30. The van der Waals surface area contributed by atoms with Gasteiger partial charge in [-0.3, -0.25) is 5.41 Å². The molecule has 0 aromatic rings. The Bertz CT molecular complexity index is 196. The number of urea groups is 1. The zero-order valence-electron chi connectivity index (χ0n) is 6.67. The SMILES string of the molecule is N=C(N)SCCN1CCNC1=O. The van der Waals surface area contributed by atoms with E-state index in [2.05, 4.69) is 5.32 Å². The minimum absolute atomic E-state index is 0.0147. The number of hydrogen-bond donors (Lipinski definition) is 3. The van der Waals surface area contributed by atoms with Crippen LogP contribution in [0.2, 0.25) is 0 Å². The summed E-state index contributed by atoms with van der Waals surface area (Å²) in [5.74, 6) is 0.697. The molecule has 1 aliphatic heterocycles. The summed E-state index contributed by atoms with van der Waals surface area (Å²) in [5, 5.41) is 9.75. The number of carbonyl (C=O) groups excluding carboxylic acids is 1. The lowest BCUT2D eigenvalue weighted by molar-refractivity contribution is 0.220. The van der Waals surface area contributed by atoms with Gasteiger partial charge >= 0.3 is 6.03 Å². The lowest BCUT2D eigenvalue weighted by atomic mass is 10.6. The van der Waals surface area contributed by atoms with Crippen molar-refractivity contribution in [1.29, 1.82) is 5.41 Å². The normalized spacial score (nSPS) is 16.3. The fourth-order valence-corrected chi connectivity index (χ4v) is 1.52. The first-order valence-electron chi connectivity index (χ1n) is 3.70. The van der Waals surface area contributed by atoms with E-state index in [1.165, 1.54) is 11.8 Å². The highest BCUT2D eigenvalue weighted by Crippen LogP contribution is 2.02. The highest BCUT2D eigenvalue weighted by atomic mass is 32.2. The van der Waals surface area contributed by atoms with Gasteiger partial charge in [-0.15, -0.1) is 0 Å². The van der Waals surface area contributed by atoms with E-state index in [4.69, 9.17) is 11.1 Å². The molecule has 68 valence electrons. The first kappa shape index (κ1) is 9.18. The van der Waals surface area contributed by atoms with Crippen LogP contribution in [0.1, 0.15) is 0 Å². The molecule has 1 saturated heterocycles. The molecule has 0 saturated carbocycles. The molecule has 1 aliphatic rings. The summed E-state index contributed by atoms with van der Waals surface area (Å²) in [6.45, 7) is 2.15. The Morgan fingerprint density at radius 3 is 3.08 bits per heavy atom. The van der Waals surface area contributed by atoms with Crippen LogP contribution in [0, 0.1) is 5.41 Å². The van der Waals surface area contributed by atoms with Crippen LogP contribution in [-0.2, 0) is 0 Å². The predicted octanol–water partition coefficient (Wildman–Crippen LogP) is -0.362. The standard InChI is InChI=1S/C6H12N4OS/c7-5(8)12-4-3-10-2-1-9-6(10)11/h1-4H2,(H3,7,8)(H,9,11). The molecule has 12 heavy (non-hydrogen) atoms. The number of thioether (sulfide) groups is 1. The minimum Gasteiger partial charge on any atom is -0.379 e. The van der Waals surface area contributed by atoms with Crippen molar-refractivity contribution in [1.82, 2.24) is 10.2 Å². The van der Waals surface area contributed by atoms with Gasteiger partial charge < -0.3 is 16.0 Å². The number of hydrogen-bond acceptors (Lipinski definition) is 3. The second-order valence-corrected chi connectivity index (χ2v) is 3.57. The van der Waals surface area contributed by atoms with Crippen molar-refractivity contribution in [2.45, 2.75) is 0 Å². The maximum absolute atomic E-state index is 11.0. The second kappa shape index (κ2) is 4.20. The second-order valence-electron chi connectivity index (χ2n) is 2.43. The van der Waals surface area contributed by atoms with Crippen molar-refractivity contribution in [3.8, 4) is 0 Å². The molecule has 0 aromatic carbocycles. The molecule has 0 bridgehead atoms. The summed E-state index contributed by atoms with van der Waals surface area (Å²) in [4.78, 5) is 12.7. The lowest BCUT2D eigenvalue weighted by Gasteiger charge is -2.12. The molecule has 1 heterocycles. The third-order valence-corrected chi connectivity index (χ3v) is 2.26. The van der Waals surface area contributed by atoms with E-state index in [1.807, 2.05) is 0 Å². The van der Waals surface area contributed by atoms with Crippen LogP contribution in [0.3, 0.4) is 0 Å². The number of carbonyl (C=O) groups is 1. The molecule has 5 nitrogen and oxygen atoms in total. The van der Waals surface area contributed by atoms with E-state index in [-0.39, 0.29) is 11.2 Å². The predicted molar refractivity (Wildman–Crippen MR) is 49.3 cm³/mol. The van der Waals surface area contributed by atoms with Crippen LogP contribution in [0.25, 0.3) is 0 Å². The zero-order valence-corrected chi connectivity index (χ0v) is 7.49. The Labute approximate surface area is 75.2 Å². The quantitative estimate of drug-likeness (QED) is 0.418. The van der Waals surface area contributed by atoms with E-state index in [9.17, 15) is 4.79 Å². The third-order valence-electron chi connectivity index (χ3n) is 1.56. The molecule has 0 aromatic heterocycles. The van der Waals surface area contributed by atoms with Crippen molar-refractivity contribution in [3.63, 3.8) is 0 Å². The van der Waals surface area contributed by atoms with Crippen LogP contribution in [-0.4, -0.2) is 41.5 Å². The fourth-order valence-electron chi connectivity index (χ4n) is 0.990. The largest absolute Gasteiger partial charge is 0.379 e. The van der Waals surface area contributed by atoms with Gasteiger partial charge in [0.15, 0.2) is 5.17 Å². The number of nitrogens with two attached hydrogens (primary N) is 1. The van der Waals surface area contributed by atoms with Crippen LogP contribution in [0.5, 0.6) is 0 Å².